The van der Waals surface area contributed by atoms with Crippen molar-refractivity contribution in [3.63, 3.8) is 0 Å². The molecule has 7 heteroatoms. The summed E-state index contributed by atoms with van der Waals surface area (Å²) in [5.74, 6) is 0.697. The van der Waals surface area contributed by atoms with Gasteiger partial charge in [0.1, 0.15) is 6.10 Å². The van der Waals surface area contributed by atoms with Crippen LogP contribution in [0.2, 0.25) is 0 Å². The monoisotopic (exact) mass is 326 g/mol. The predicted octanol–water partition coefficient (Wildman–Crippen LogP) is 0.356. The molecule has 0 bridgehead atoms. The summed E-state index contributed by atoms with van der Waals surface area (Å²) >= 11 is 0. The largest absolute Gasteiger partial charge is 0.375 e. The summed E-state index contributed by atoms with van der Waals surface area (Å²) < 4.78 is 11.6. The fourth-order valence-electron chi connectivity index (χ4n) is 2.94. The zero-order valence-electron chi connectivity index (χ0n) is 14.7. The van der Waals surface area contributed by atoms with Crippen LogP contribution < -0.4 is 10.6 Å². The van der Waals surface area contributed by atoms with E-state index in [4.69, 9.17) is 9.47 Å². The van der Waals surface area contributed by atoms with E-state index in [1.54, 1.807) is 7.05 Å². The molecular formula is C16H30N4O3. The first-order valence-corrected chi connectivity index (χ1v) is 8.39. The van der Waals surface area contributed by atoms with Gasteiger partial charge < -0.3 is 25.0 Å². The number of amides is 1. The molecule has 7 nitrogen and oxygen atoms in total. The lowest BCUT2D eigenvalue weighted by Crippen LogP contribution is -2.55. The maximum atomic E-state index is 11.9. The van der Waals surface area contributed by atoms with E-state index in [9.17, 15) is 4.79 Å². The van der Waals surface area contributed by atoms with Crippen LogP contribution in [0.25, 0.3) is 0 Å². The highest BCUT2D eigenvalue weighted by Crippen LogP contribution is 2.20. The van der Waals surface area contributed by atoms with E-state index < -0.39 is 0 Å². The van der Waals surface area contributed by atoms with Gasteiger partial charge in [0.05, 0.1) is 19.3 Å². The Balaban J connectivity index is 1.84. The third-order valence-corrected chi connectivity index (χ3v) is 3.91. The highest BCUT2D eigenvalue weighted by atomic mass is 16.5. The van der Waals surface area contributed by atoms with Gasteiger partial charge in [-0.05, 0) is 33.6 Å². The lowest BCUT2D eigenvalue weighted by atomic mass is 10.1. The van der Waals surface area contributed by atoms with Gasteiger partial charge in [0, 0.05) is 32.3 Å². The zero-order valence-corrected chi connectivity index (χ0v) is 14.7. The van der Waals surface area contributed by atoms with Gasteiger partial charge in [-0.15, -0.1) is 0 Å². The second kappa shape index (κ2) is 7.97. The number of hydrogen-bond acceptors (Lipinski definition) is 4. The van der Waals surface area contributed by atoms with Gasteiger partial charge in [0.25, 0.3) is 0 Å². The van der Waals surface area contributed by atoms with Crippen molar-refractivity contribution in [3.8, 4) is 0 Å². The molecule has 0 aromatic carbocycles. The smallest absolute Gasteiger partial charge is 0.239 e. The van der Waals surface area contributed by atoms with Crippen LogP contribution in [-0.2, 0) is 14.3 Å². The Morgan fingerprint density at radius 2 is 2.00 bits per heavy atom. The molecular weight excluding hydrogens is 296 g/mol. The number of morpholine rings is 1. The number of aliphatic imine (C=N–C) groups is 1. The molecule has 0 aromatic heterocycles. The van der Waals surface area contributed by atoms with Gasteiger partial charge in [-0.25, -0.2) is 0 Å². The lowest BCUT2D eigenvalue weighted by molar-refractivity contribution is -0.121. The highest BCUT2D eigenvalue weighted by molar-refractivity contribution is 5.86. The average Bonchev–Trinajstić information content (AvgIpc) is 3.00. The first-order chi connectivity index (χ1) is 10.9. The minimum Gasteiger partial charge on any atom is -0.375 e. The van der Waals surface area contributed by atoms with E-state index >= 15 is 0 Å². The molecule has 2 fully saturated rings. The van der Waals surface area contributed by atoms with Crippen molar-refractivity contribution in [1.29, 1.82) is 0 Å². The molecule has 0 saturated carbocycles. The van der Waals surface area contributed by atoms with Crippen LogP contribution in [0, 0.1) is 0 Å². The van der Waals surface area contributed by atoms with Gasteiger partial charge in [-0.2, -0.15) is 0 Å². The molecule has 2 aliphatic heterocycles. The predicted molar refractivity (Wildman–Crippen MR) is 89.5 cm³/mol. The SMILES string of the molecule is CN=C(NCC(=O)NC(C)(C)C)N1CCOC(C2CCCO2)C1. The van der Waals surface area contributed by atoms with E-state index in [2.05, 4.69) is 20.5 Å². The summed E-state index contributed by atoms with van der Waals surface area (Å²) in [6.45, 7) is 9.10. The summed E-state index contributed by atoms with van der Waals surface area (Å²) in [6, 6.07) is 0. The average molecular weight is 326 g/mol. The second-order valence-corrected chi connectivity index (χ2v) is 7.11. The van der Waals surface area contributed by atoms with Crippen molar-refractivity contribution < 1.29 is 14.3 Å². The third-order valence-electron chi connectivity index (χ3n) is 3.91. The standard InChI is InChI=1S/C16H30N4O3/c1-16(2,3)19-14(21)10-18-15(17-4)20-7-9-23-13(11-20)12-6-5-8-22-12/h12-13H,5-11H2,1-4H3,(H,17,18)(H,19,21). The fourth-order valence-corrected chi connectivity index (χ4v) is 2.94. The Bertz CT molecular complexity index is 428. The number of carbonyl (C=O) groups is 1. The molecule has 2 unspecified atom stereocenters. The lowest BCUT2D eigenvalue weighted by Gasteiger charge is -2.37. The first-order valence-electron chi connectivity index (χ1n) is 8.39. The maximum Gasteiger partial charge on any atom is 0.239 e. The van der Waals surface area contributed by atoms with E-state index in [1.807, 2.05) is 20.8 Å². The molecule has 2 atom stereocenters. The maximum absolute atomic E-state index is 11.9. The van der Waals surface area contributed by atoms with E-state index in [0.717, 1.165) is 38.5 Å². The van der Waals surface area contributed by atoms with Gasteiger partial charge in [0.2, 0.25) is 5.91 Å². The molecule has 2 rings (SSSR count). The van der Waals surface area contributed by atoms with Gasteiger partial charge >= 0.3 is 0 Å². The van der Waals surface area contributed by atoms with Crippen molar-refractivity contribution in [1.82, 2.24) is 15.5 Å². The van der Waals surface area contributed by atoms with Crippen LogP contribution in [0.1, 0.15) is 33.6 Å². The van der Waals surface area contributed by atoms with Crippen molar-refractivity contribution in [2.75, 3.05) is 39.9 Å². The molecule has 132 valence electrons. The molecule has 2 N–H and O–H groups in total. The minimum atomic E-state index is -0.230. The number of carbonyl (C=O) groups excluding carboxylic acids is 1. The molecule has 23 heavy (non-hydrogen) atoms. The van der Waals surface area contributed by atoms with Crippen molar-refractivity contribution in [2.24, 2.45) is 4.99 Å². The fraction of sp³-hybridized carbons (Fsp3) is 0.875. The highest BCUT2D eigenvalue weighted by Gasteiger charge is 2.32. The number of nitrogens with zero attached hydrogens (tertiary/aromatic N) is 2. The number of nitrogens with one attached hydrogen (secondary N) is 2. The molecule has 0 aromatic rings. The van der Waals surface area contributed by atoms with Gasteiger partial charge in [-0.3, -0.25) is 9.79 Å². The number of hydrogen-bond donors (Lipinski definition) is 2. The van der Waals surface area contributed by atoms with Crippen molar-refractivity contribution >= 4 is 11.9 Å². The van der Waals surface area contributed by atoms with Crippen LogP contribution >= 0.6 is 0 Å². The van der Waals surface area contributed by atoms with Crippen LogP contribution in [-0.4, -0.2) is 74.4 Å². The summed E-state index contributed by atoms with van der Waals surface area (Å²) in [5, 5.41) is 6.08. The molecule has 2 saturated heterocycles. The Morgan fingerprint density at radius 3 is 2.61 bits per heavy atom. The van der Waals surface area contributed by atoms with E-state index in [-0.39, 0.29) is 30.2 Å². The van der Waals surface area contributed by atoms with Gasteiger partial charge in [-0.1, -0.05) is 0 Å². The molecule has 0 radical (unpaired) electrons. The Morgan fingerprint density at radius 1 is 1.26 bits per heavy atom. The van der Waals surface area contributed by atoms with Crippen LogP contribution in [0.4, 0.5) is 0 Å². The minimum absolute atomic E-state index is 0.0393. The molecule has 2 aliphatic rings. The summed E-state index contributed by atoms with van der Waals surface area (Å²) in [4.78, 5) is 18.4. The van der Waals surface area contributed by atoms with E-state index in [0.29, 0.717) is 6.61 Å². The Hall–Kier alpha value is -1.34. The number of ether oxygens (including phenoxy) is 2. The third kappa shape index (κ3) is 5.66. The quantitative estimate of drug-likeness (QED) is 0.578. The zero-order chi connectivity index (χ0) is 16.9. The Kier molecular flexibility index (Phi) is 6.24. The van der Waals surface area contributed by atoms with Gasteiger partial charge in [0.15, 0.2) is 5.96 Å². The topological polar surface area (TPSA) is 75.2 Å². The first kappa shape index (κ1) is 18.0. The van der Waals surface area contributed by atoms with Crippen LogP contribution in [0.15, 0.2) is 4.99 Å². The summed E-state index contributed by atoms with van der Waals surface area (Å²) in [6.07, 6.45) is 2.41. The summed E-state index contributed by atoms with van der Waals surface area (Å²) in [7, 11) is 1.74. The normalized spacial score (nSPS) is 26.3. The summed E-state index contributed by atoms with van der Waals surface area (Å²) in [5.41, 5.74) is -0.230. The molecule has 0 spiro atoms. The molecule has 2 heterocycles. The molecule has 0 aliphatic carbocycles. The molecule has 1 amide bonds. The number of guanidine groups is 1. The van der Waals surface area contributed by atoms with Crippen molar-refractivity contribution in [3.05, 3.63) is 0 Å². The van der Waals surface area contributed by atoms with Crippen LogP contribution in [0.5, 0.6) is 0 Å². The number of rotatable bonds is 3. The van der Waals surface area contributed by atoms with Crippen LogP contribution in [0.3, 0.4) is 0 Å². The van der Waals surface area contributed by atoms with Crippen molar-refractivity contribution in [2.45, 2.75) is 51.4 Å². The Labute approximate surface area is 138 Å². The van der Waals surface area contributed by atoms with E-state index in [1.165, 1.54) is 0 Å². The second-order valence-electron chi connectivity index (χ2n) is 7.11.